The lowest BCUT2D eigenvalue weighted by Crippen LogP contribution is -2.39. The van der Waals surface area contributed by atoms with E-state index in [2.05, 4.69) is 5.32 Å². The van der Waals surface area contributed by atoms with Crippen molar-refractivity contribution in [2.75, 3.05) is 11.4 Å². The molecule has 0 unspecified atom stereocenters. The van der Waals surface area contributed by atoms with Gasteiger partial charge in [0, 0.05) is 24.7 Å². The van der Waals surface area contributed by atoms with Crippen molar-refractivity contribution < 1.29 is 18.4 Å². The second kappa shape index (κ2) is 7.49. The fourth-order valence-electron chi connectivity index (χ4n) is 2.06. The number of carbonyl (C=O) groups is 2. The highest BCUT2D eigenvalue weighted by molar-refractivity contribution is 5.97. The minimum absolute atomic E-state index is 0.0143. The van der Waals surface area contributed by atoms with Gasteiger partial charge in [0.25, 0.3) is 0 Å². The third-order valence-electron chi connectivity index (χ3n) is 3.24. The van der Waals surface area contributed by atoms with Crippen molar-refractivity contribution in [1.82, 2.24) is 5.32 Å². The number of hydrogen-bond donors (Lipinski definition) is 1. The largest absolute Gasteiger partial charge is 0.350 e. The monoisotopic (exact) mass is 318 g/mol. The number of nitrogens with one attached hydrogen (secondary N) is 1. The molecule has 0 bridgehead atoms. The molecule has 0 aliphatic carbocycles. The number of amides is 2. The predicted molar refractivity (Wildman–Crippen MR) is 82.7 cm³/mol. The van der Waals surface area contributed by atoms with Crippen LogP contribution in [-0.2, 0) is 16.1 Å². The summed E-state index contributed by atoms with van der Waals surface area (Å²) in [7, 11) is 0. The molecule has 6 heteroatoms. The fraction of sp³-hybridized carbons (Fsp3) is 0.176. The standard InChI is InChI=1S/C17H16F2N2O2/c1-12(22)21(15-7-4-6-14(18)9-15)11-17(23)20-10-13-5-2-3-8-16(13)19/h2-9H,10-11H2,1H3,(H,20,23). The van der Waals surface area contributed by atoms with Gasteiger partial charge in [-0.3, -0.25) is 9.59 Å². The van der Waals surface area contributed by atoms with Gasteiger partial charge < -0.3 is 10.2 Å². The first-order chi connectivity index (χ1) is 11.0. The van der Waals surface area contributed by atoms with Gasteiger partial charge in [-0.15, -0.1) is 0 Å². The lowest BCUT2D eigenvalue weighted by atomic mass is 10.2. The van der Waals surface area contributed by atoms with E-state index < -0.39 is 23.4 Å². The quantitative estimate of drug-likeness (QED) is 0.921. The van der Waals surface area contributed by atoms with Crippen LogP contribution in [0.15, 0.2) is 48.5 Å². The van der Waals surface area contributed by atoms with Crippen molar-refractivity contribution in [1.29, 1.82) is 0 Å². The molecule has 0 saturated carbocycles. The van der Waals surface area contributed by atoms with E-state index in [9.17, 15) is 18.4 Å². The van der Waals surface area contributed by atoms with Crippen LogP contribution < -0.4 is 10.2 Å². The summed E-state index contributed by atoms with van der Waals surface area (Å²) in [5.74, 6) is -1.77. The molecule has 120 valence electrons. The molecule has 2 aromatic carbocycles. The van der Waals surface area contributed by atoms with Gasteiger partial charge in [-0.25, -0.2) is 8.78 Å². The van der Waals surface area contributed by atoms with Gasteiger partial charge in [-0.1, -0.05) is 24.3 Å². The maximum Gasteiger partial charge on any atom is 0.240 e. The van der Waals surface area contributed by atoms with E-state index in [4.69, 9.17) is 0 Å². The molecule has 0 aliphatic heterocycles. The zero-order valence-electron chi connectivity index (χ0n) is 12.6. The van der Waals surface area contributed by atoms with Crippen LogP contribution >= 0.6 is 0 Å². The van der Waals surface area contributed by atoms with Gasteiger partial charge in [-0.05, 0) is 24.3 Å². The second-order valence-corrected chi connectivity index (χ2v) is 4.95. The van der Waals surface area contributed by atoms with Crippen LogP contribution in [0.5, 0.6) is 0 Å². The van der Waals surface area contributed by atoms with Crippen LogP contribution in [0.4, 0.5) is 14.5 Å². The molecular formula is C17H16F2N2O2. The normalized spacial score (nSPS) is 10.2. The van der Waals surface area contributed by atoms with Gasteiger partial charge in [0.1, 0.15) is 18.2 Å². The van der Waals surface area contributed by atoms with Crippen molar-refractivity contribution in [3.05, 3.63) is 65.7 Å². The number of anilines is 1. The molecule has 0 aliphatic rings. The SMILES string of the molecule is CC(=O)N(CC(=O)NCc1ccccc1F)c1cccc(F)c1. The Labute approximate surface area is 132 Å². The first-order valence-electron chi connectivity index (χ1n) is 7.01. The molecule has 0 aromatic heterocycles. The average Bonchev–Trinajstić information content (AvgIpc) is 2.51. The summed E-state index contributed by atoms with van der Waals surface area (Å²) < 4.78 is 26.7. The molecule has 23 heavy (non-hydrogen) atoms. The van der Waals surface area contributed by atoms with Crippen LogP contribution in [-0.4, -0.2) is 18.4 Å². The van der Waals surface area contributed by atoms with Crippen LogP contribution in [0.25, 0.3) is 0 Å². The fourth-order valence-corrected chi connectivity index (χ4v) is 2.06. The van der Waals surface area contributed by atoms with E-state index in [1.165, 1.54) is 37.3 Å². The summed E-state index contributed by atoms with van der Waals surface area (Å²) in [5, 5.41) is 2.54. The molecule has 2 aromatic rings. The smallest absolute Gasteiger partial charge is 0.240 e. The Balaban J connectivity index is 2.01. The Kier molecular flexibility index (Phi) is 5.41. The van der Waals surface area contributed by atoms with Crippen molar-refractivity contribution >= 4 is 17.5 Å². The number of carbonyl (C=O) groups excluding carboxylic acids is 2. The zero-order chi connectivity index (χ0) is 16.8. The summed E-state index contributed by atoms with van der Waals surface area (Å²) >= 11 is 0. The Hall–Kier alpha value is -2.76. The topological polar surface area (TPSA) is 49.4 Å². The lowest BCUT2D eigenvalue weighted by molar-refractivity contribution is -0.123. The zero-order valence-corrected chi connectivity index (χ0v) is 12.6. The van der Waals surface area contributed by atoms with Gasteiger partial charge in [0.2, 0.25) is 11.8 Å². The summed E-state index contributed by atoms with van der Waals surface area (Å²) in [6.07, 6.45) is 0. The Morgan fingerprint density at radius 3 is 2.48 bits per heavy atom. The van der Waals surface area contributed by atoms with E-state index >= 15 is 0 Å². The molecule has 0 saturated heterocycles. The third kappa shape index (κ3) is 4.60. The highest BCUT2D eigenvalue weighted by Crippen LogP contribution is 2.15. The molecule has 4 nitrogen and oxygen atoms in total. The maximum atomic E-state index is 13.5. The number of halogens is 2. The maximum absolute atomic E-state index is 13.5. The average molecular weight is 318 g/mol. The van der Waals surface area contributed by atoms with Crippen molar-refractivity contribution in [2.45, 2.75) is 13.5 Å². The van der Waals surface area contributed by atoms with E-state index in [1.54, 1.807) is 18.2 Å². The highest BCUT2D eigenvalue weighted by atomic mass is 19.1. The molecular weight excluding hydrogens is 302 g/mol. The van der Waals surface area contributed by atoms with Gasteiger partial charge in [0.15, 0.2) is 0 Å². The van der Waals surface area contributed by atoms with Crippen LogP contribution in [0.3, 0.4) is 0 Å². The Morgan fingerprint density at radius 2 is 1.83 bits per heavy atom. The molecule has 0 fully saturated rings. The number of benzene rings is 2. The van der Waals surface area contributed by atoms with Crippen LogP contribution in [0, 0.1) is 11.6 Å². The Morgan fingerprint density at radius 1 is 1.09 bits per heavy atom. The van der Waals surface area contributed by atoms with Gasteiger partial charge in [0.05, 0.1) is 0 Å². The van der Waals surface area contributed by atoms with E-state index in [0.29, 0.717) is 11.3 Å². The summed E-state index contributed by atoms with van der Waals surface area (Å²) in [4.78, 5) is 24.8. The molecule has 1 N–H and O–H groups in total. The third-order valence-corrected chi connectivity index (χ3v) is 3.24. The summed E-state index contributed by atoms with van der Waals surface area (Å²) in [6, 6.07) is 11.5. The number of nitrogens with zero attached hydrogens (tertiary/aromatic N) is 1. The van der Waals surface area contributed by atoms with Crippen molar-refractivity contribution in [3.63, 3.8) is 0 Å². The van der Waals surface area contributed by atoms with E-state index in [0.717, 1.165) is 4.90 Å². The molecule has 2 rings (SSSR count). The minimum Gasteiger partial charge on any atom is -0.350 e. The predicted octanol–water partition coefficient (Wildman–Crippen LogP) is 2.63. The molecule has 0 heterocycles. The first-order valence-corrected chi connectivity index (χ1v) is 7.01. The number of hydrogen-bond acceptors (Lipinski definition) is 2. The second-order valence-electron chi connectivity index (χ2n) is 4.95. The van der Waals surface area contributed by atoms with Crippen molar-refractivity contribution in [3.8, 4) is 0 Å². The Bertz CT molecular complexity index is 719. The minimum atomic E-state index is -0.500. The van der Waals surface area contributed by atoms with E-state index in [1.807, 2.05) is 0 Å². The van der Waals surface area contributed by atoms with Gasteiger partial charge >= 0.3 is 0 Å². The highest BCUT2D eigenvalue weighted by Gasteiger charge is 2.16. The summed E-state index contributed by atoms with van der Waals surface area (Å²) in [6.45, 7) is 1.03. The van der Waals surface area contributed by atoms with Crippen molar-refractivity contribution in [2.24, 2.45) is 0 Å². The molecule has 0 atom stereocenters. The molecule has 0 spiro atoms. The molecule has 0 radical (unpaired) electrons. The first kappa shape index (κ1) is 16.6. The van der Waals surface area contributed by atoms with E-state index in [-0.39, 0.29) is 13.1 Å². The van der Waals surface area contributed by atoms with Crippen LogP contribution in [0.2, 0.25) is 0 Å². The molecule has 2 amide bonds. The lowest BCUT2D eigenvalue weighted by Gasteiger charge is -2.20. The number of rotatable bonds is 5. The van der Waals surface area contributed by atoms with Crippen LogP contribution in [0.1, 0.15) is 12.5 Å². The van der Waals surface area contributed by atoms with Gasteiger partial charge in [-0.2, -0.15) is 0 Å². The summed E-state index contributed by atoms with van der Waals surface area (Å²) in [5.41, 5.74) is 0.638.